The molecule has 0 aliphatic rings. The molecule has 0 heterocycles. The van der Waals surface area contributed by atoms with Gasteiger partial charge in [0, 0.05) is 6.54 Å². The van der Waals surface area contributed by atoms with Crippen molar-refractivity contribution >= 4 is 5.91 Å². The van der Waals surface area contributed by atoms with E-state index in [1.807, 2.05) is 30.3 Å². The summed E-state index contributed by atoms with van der Waals surface area (Å²) >= 11 is 0. The third-order valence-corrected chi connectivity index (χ3v) is 2.96. The molecule has 2 aromatic rings. The lowest BCUT2D eigenvalue weighted by Crippen LogP contribution is -2.26. The molecule has 0 saturated carbocycles. The highest BCUT2D eigenvalue weighted by Gasteiger charge is 2.15. The minimum atomic E-state index is -0.842. The maximum absolute atomic E-state index is 13.4. The fourth-order valence-corrected chi connectivity index (χ4v) is 1.94. The van der Waals surface area contributed by atoms with Crippen molar-refractivity contribution in [2.24, 2.45) is 0 Å². The highest BCUT2D eigenvalue weighted by atomic mass is 19.1. The Morgan fingerprint density at radius 1 is 0.950 bits per heavy atom. The van der Waals surface area contributed by atoms with Crippen molar-refractivity contribution in [1.29, 1.82) is 0 Å². The molecule has 4 heteroatoms. The van der Waals surface area contributed by atoms with Crippen LogP contribution in [0, 0.1) is 11.6 Å². The van der Waals surface area contributed by atoms with Crippen molar-refractivity contribution in [3.05, 3.63) is 71.3 Å². The van der Waals surface area contributed by atoms with Gasteiger partial charge in [0.05, 0.1) is 0 Å². The Morgan fingerprint density at radius 3 is 2.25 bits per heavy atom. The second kappa shape index (κ2) is 6.80. The number of rotatable bonds is 5. The van der Waals surface area contributed by atoms with Crippen molar-refractivity contribution in [1.82, 2.24) is 5.32 Å². The van der Waals surface area contributed by atoms with Crippen LogP contribution in [0.5, 0.6) is 0 Å². The number of amides is 1. The van der Waals surface area contributed by atoms with E-state index in [1.54, 1.807) is 0 Å². The van der Waals surface area contributed by atoms with E-state index < -0.39 is 23.1 Å². The van der Waals surface area contributed by atoms with Crippen LogP contribution in [-0.2, 0) is 6.42 Å². The molecule has 1 N–H and O–H groups in total. The quantitative estimate of drug-likeness (QED) is 0.833. The first-order chi connectivity index (χ1) is 9.68. The zero-order valence-electron chi connectivity index (χ0n) is 10.9. The molecule has 0 fully saturated rings. The summed E-state index contributed by atoms with van der Waals surface area (Å²) in [5, 5.41) is 2.53. The fourth-order valence-electron chi connectivity index (χ4n) is 1.94. The van der Waals surface area contributed by atoms with Gasteiger partial charge in [-0.3, -0.25) is 4.79 Å². The number of benzene rings is 2. The molecule has 0 aliphatic carbocycles. The van der Waals surface area contributed by atoms with Crippen molar-refractivity contribution in [2.45, 2.75) is 12.8 Å². The summed E-state index contributed by atoms with van der Waals surface area (Å²) < 4.78 is 26.7. The summed E-state index contributed by atoms with van der Waals surface area (Å²) in [4.78, 5) is 11.7. The topological polar surface area (TPSA) is 29.1 Å². The van der Waals surface area contributed by atoms with Crippen molar-refractivity contribution in [2.75, 3.05) is 6.54 Å². The minimum Gasteiger partial charge on any atom is -0.352 e. The van der Waals surface area contributed by atoms with Gasteiger partial charge in [-0.15, -0.1) is 0 Å². The normalized spacial score (nSPS) is 10.3. The first kappa shape index (κ1) is 14.2. The molecule has 0 bridgehead atoms. The second-order valence-electron chi connectivity index (χ2n) is 4.44. The predicted octanol–water partition coefficient (Wildman–Crippen LogP) is 3.33. The van der Waals surface area contributed by atoms with Crippen LogP contribution in [0.25, 0.3) is 0 Å². The van der Waals surface area contributed by atoms with E-state index in [0.717, 1.165) is 18.6 Å². The Morgan fingerprint density at radius 2 is 1.60 bits per heavy atom. The molecule has 0 atom stereocenters. The van der Waals surface area contributed by atoms with E-state index in [-0.39, 0.29) is 0 Å². The van der Waals surface area contributed by atoms with Gasteiger partial charge in [0.25, 0.3) is 5.91 Å². The molecule has 0 spiro atoms. The van der Waals surface area contributed by atoms with Gasteiger partial charge < -0.3 is 5.32 Å². The molecular weight excluding hydrogens is 260 g/mol. The van der Waals surface area contributed by atoms with E-state index in [2.05, 4.69) is 5.32 Å². The van der Waals surface area contributed by atoms with Gasteiger partial charge >= 0.3 is 0 Å². The Labute approximate surface area is 116 Å². The standard InChI is InChI=1S/C16H15F2NO/c17-13-9-4-10-14(18)15(13)16(20)19-11-5-8-12-6-2-1-3-7-12/h1-4,6-7,9-10H,5,8,11H2,(H,19,20). The maximum Gasteiger partial charge on any atom is 0.257 e. The lowest BCUT2D eigenvalue weighted by molar-refractivity contribution is 0.0945. The number of halogens is 2. The molecule has 0 aliphatic heterocycles. The second-order valence-corrected chi connectivity index (χ2v) is 4.44. The van der Waals surface area contributed by atoms with Crippen molar-refractivity contribution < 1.29 is 13.6 Å². The molecule has 0 saturated heterocycles. The highest BCUT2D eigenvalue weighted by molar-refractivity contribution is 5.94. The third-order valence-electron chi connectivity index (χ3n) is 2.96. The van der Waals surface area contributed by atoms with Crippen molar-refractivity contribution in [3.8, 4) is 0 Å². The molecule has 2 rings (SSSR count). The zero-order chi connectivity index (χ0) is 14.4. The van der Waals surface area contributed by atoms with Crippen LogP contribution >= 0.6 is 0 Å². The largest absolute Gasteiger partial charge is 0.352 e. The van der Waals surface area contributed by atoms with Crippen LogP contribution in [0.2, 0.25) is 0 Å². The van der Waals surface area contributed by atoms with E-state index in [9.17, 15) is 13.6 Å². The number of nitrogens with one attached hydrogen (secondary N) is 1. The summed E-state index contributed by atoms with van der Waals surface area (Å²) in [6.45, 7) is 0.376. The summed E-state index contributed by atoms with van der Waals surface area (Å²) in [6, 6.07) is 13.2. The Balaban J connectivity index is 1.84. The lowest BCUT2D eigenvalue weighted by atomic mass is 10.1. The average Bonchev–Trinajstić information content (AvgIpc) is 2.44. The zero-order valence-corrected chi connectivity index (χ0v) is 10.9. The number of hydrogen-bond donors (Lipinski definition) is 1. The minimum absolute atomic E-state index is 0.376. The first-order valence-corrected chi connectivity index (χ1v) is 6.44. The number of aryl methyl sites for hydroxylation is 1. The Bertz CT molecular complexity index is 564. The van der Waals surface area contributed by atoms with Crippen LogP contribution in [0.3, 0.4) is 0 Å². The van der Waals surface area contributed by atoms with Gasteiger partial charge in [-0.25, -0.2) is 8.78 Å². The van der Waals surface area contributed by atoms with Crippen LogP contribution in [-0.4, -0.2) is 12.5 Å². The molecule has 0 unspecified atom stereocenters. The average molecular weight is 275 g/mol. The summed E-state index contributed by atoms with van der Waals surface area (Å²) in [7, 11) is 0. The van der Waals surface area contributed by atoms with Crippen LogP contribution in [0.1, 0.15) is 22.3 Å². The molecular formula is C16H15F2NO. The molecule has 2 nitrogen and oxygen atoms in total. The summed E-state index contributed by atoms with van der Waals surface area (Å²) in [5.74, 6) is -2.40. The highest BCUT2D eigenvalue weighted by Crippen LogP contribution is 2.11. The van der Waals surface area contributed by atoms with E-state index in [0.29, 0.717) is 13.0 Å². The molecule has 1 amide bonds. The SMILES string of the molecule is O=C(NCCCc1ccccc1)c1c(F)cccc1F. The van der Waals surface area contributed by atoms with Gasteiger partial charge in [0.15, 0.2) is 0 Å². The first-order valence-electron chi connectivity index (χ1n) is 6.44. The van der Waals surface area contributed by atoms with Gasteiger partial charge in [-0.05, 0) is 30.5 Å². The fraction of sp³-hybridized carbons (Fsp3) is 0.188. The van der Waals surface area contributed by atoms with E-state index >= 15 is 0 Å². The van der Waals surface area contributed by atoms with Gasteiger partial charge in [0.2, 0.25) is 0 Å². The number of carbonyl (C=O) groups excluding carboxylic acids is 1. The van der Waals surface area contributed by atoms with Gasteiger partial charge in [0.1, 0.15) is 17.2 Å². The smallest absolute Gasteiger partial charge is 0.257 e. The molecule has 0 radical (unpaired) electrons. The predicted molar refractivity (Wildman–Crippen MR) is 73.5 cm³/mol. The third kappa shape index (κ3) is 3.63. The van der Waals surface area contributed by atoms with Crippen LogP contribution < -0.4 is 5.32 Å². The van der Waals surface area contributed by atoms with E-state index in [1.165, 1.54) is 11.6 Å². The lowest BCUT2D eigenvalue weighted by Gasteiger charge is -2.07. The number of hydrogen-bond acceptors (Lipinski definition) is 1. The van der Waals surface area contributed by atoms with E-state index in [4.69, 9.17) is 0 Å². The molecule has 104 valence electrons. The van der Waals surface area contributed by atoms with Crippen LogP contribution in [0.15, 0.2) is 48.5 Å². The van der Waals surface area contributed by atoms with Crippen LogP contribution in [0.4, 0.5) is 8.78 Å². The van der Waals surface area contributed by atoms with Gasteiger partial charge in [-0.2, -0.15) is 0 Å². The Kier molecular flexibility index (Phi) is 4.82. The molecule has 20 heavy (non-hydrogen) atoms. The Hall–Kier alpha value is -2.23. The number of carbonyl (C=O) groups is 1. The molecule has 0 aromatic heterocycles. The summed E-state index contributed by atoms with van der Waals surface area (Å²) in [5.41, 5.74) is 0.644. The van der Waals surface area contributed by atoms with Crippen molar-refractivity contribution in [3.63, 3.8) is 0 Å². The summed E-state index contributed by atoms with van der Waals surface area (Å²) in [6.07, 6.45) is 1.52. The monoisotopic (exact) mass is 275 g/mol. The maximum atomic E-state index is 13.4. The molecule has 2 aromatic carbocycles. The van der Waals surface area contributed by atoms with Gasteiger partial charge in [-0.1, -0.05) is 36.4 Å².